The van der Waals surface area contributed by atoms with Crippen molar-refractivity contribution in [3.8, 4) is 0 Å². The highest BCUT2D eigenvalue weighted by molar-refractivity contribution is 7.09. The van der Waals surface area contributed by atoms with Gasteiger partial charge in [0.15, 0.2) is 5.96 Å². The molecular formula is C11H18N4S. The van der Waals surface area contributed by atoms with Crippen LogP contribution in [-0.4, -0.2) is 24.0 Å². The first-order valence-corrected chi connectivity index (χ1v) is 6.05. The molecule has 1 aromatic rings. The third-order valence-corrected chi connectivity index (χ3v) is 2.99. The van der Waals surface area contributed by atoms with E-state index < -0.39 is 0 Å². The molecule has 1 heterocycles. The van der Waals surface area contributed by atoms with Gasteiger partial charge in [0.25, 0.3) is 0 Å². The third kappa shape index (κ3) is 4.44. The Morgan fingerprint density at radius 2 is 2.50 bits per heavy atom. The lowest BCUT2D eigenvalue weighted by atomic mass is 10.2. The van der Waals surface area contributed by atoms with Crippen molar-refractivity contribution in [3.05, 3.63) is 28.7 Å². The largest absolute Gasteiger partial charge is 0.370 e. The molecule has 0 saturated carbocycles. The highest BCUT2D eigenvalue weighted by Gasteiger charge is 2.06. The predicted molar refractivity (Wildman–Crippen MR) is 69.8 cm³/mol. The number of aliphatic imine (C=N–C) groups is 1. The van der Waals surface area contributed by atoms with Crippen molar-refractivity contribution in [1.29, 1.82) is 0 Å². The monoisotopic (exact) mass is 238 g/mol. The van der Waals surface area contributed by atoms with E-state index in [0.717, 1.165) is 10.6 Å². The van der Waals surface area contributed by atoms with E-state index in [4.69, 9.17) is 5.73 Å². The van der Waals surface area contributed by atoms with Gasteiger partial charge >= 0.3 is 0 Å². The fourth-order valence-corrected chi connectivity index (χ4v) is 1.78. The van der Waals surface area contributed by atoms with E-state index in [2.05, 4.69) is 28.8 Å². The molecule has 88 valence electrons. The fraction of sp³-hybridized carbons (Fsp3) is 0.455. The zero-order valence-electron chi connectivity index (χ0n) is 9.73. The van der Waals surface area contributed by atoms with E-state index in [1.54, 1.807) is 11.3 Å². The summed E-state index contributed by atoms with van der Waals surface area (Å²) in [5.74, 6) is 0.775. The van der Waals surface area contributed by atoms with Crippen LogP contribution >= 0.6 is 11.3 Å². The quantitative estimate of drug-likeness (QED) is 0.466. The summed E-state index contributed by atoms with van der Waals surface area (Å²) in [7, 11) is 0. The zero-order chi connectivity index (χ0) is 12.0. The van der Waals surface area contributed by atoms with Gasteiger partial charge in [0, 0.05) is 24.0 Å². The minimum Gasteiger partial charge on any atom is -0.370 e. The number of hydrogen-bond donors (Lipinski definition) is 2. The van der Waals surface area contributed by atoms with Crippen molar-refractivity contribution < 1.29 is 0 Å². The molecule has 1 atom stereocenters. The SMILES string of the molecule is C=C(C)CNC(N)=NCC(C)c1nccs1. The molecule has 5 heteroatoms. The summed E-state index contributed by atoms with van der Waals surface area (Å²) in [4.78, 5) is 8.50. The van der Waals surface area contributed by atoms with Gasteiger partial charge in [-0.25, -0.2) is 4.98 Å². The number of nitrogens with zero attached hydrogens (tertiary/aromatic N) is 2. The number of aromatic nitrogens is 1. The molecule has 0 saturated heterocycles. The zero-order valence-corrected chi connectivity index (χ0v) is 10.5. The molecule has 0 radical (unpaired) electrons. The van der Waals surface area contributed by atoms with Crippen molar-refractivity contribution in [1.82, 2.24) is 10.3 Å². The second kappa shape index (κ2) is 6.27. The van der Waals surface area contributed by atoms with Crippen LogP contribution in [0.3, 0.4) is 0 Å². The Hall–Kier alpha value is -1.36. The Bertz CT molecular complexity index is 356. The topological polar surface area (TPSA) is 63.3 Å². The number of guanidine groups is 1. The second-order valence-corrected chi connectivity index (χ2v) is 4.73. The average Bonchev–Trinajstić information content (AvgIpc) is 2.76. The molecule has 1 aromatic heterocycles. The van der Waals surface area contributed by atoms with E-state index in [1.807, 2.05) is 18.5 Å². The second-order valence-electron chi connectivity index (χ2n) is 3.81. The van der Waals surface area contributed by atoms with Gasteiger partial charge in [0.1, 0.15) is 0 Å². The van der Waals surface area contributed by atoms with Crippen molar-refractivity contribution in [2.75, 3.05) is 13.1 Å². The van der Waals surface area contributed by atoms with E-state index in [0.29, 0.717) is 25.0 Å². The molecule has 1 rings (SSSR count). The first-order chi connectivity index (χ1) is 7.59. The first kappa shape index (κ1) is 12.7. The molecule has 0 spiro atoms. The van der Waals surface area contributed by atoms with Crippen molar-refractivity contribution >= 4 is 17.3 Å². The standard InChI is InChI=1S/C11H18N4S/c1-8(2)6-14-11(12)15-7-9(3)10-13-4-5-16-10/h4-5,9H,1,6-7H2,2-3H3,(H3,12,14,15). The van der Waals surface area contributed by atoms with Crippen molar-refractivity contribution in [2.45, 2.75) is 19.8 Å². The molecule has 1 unspecified atom stereocenters. The summed E-state index contributed by atoms with van der Waals surface area (Å²) in [6, 6.07) is 0. The summed E-state index contributed by atoms with van der Waals surface area (Å²) in [5, 5.41) is 6.06. The van der Waals surface area contributed by atoms with Crippen LogP contribution in [0.15, 0.2) is 28.7 Å². The lowest BCUT2D eigenvalue weighted by molar-refractivity contribution is 0.760. The summed E-state index contributed by atoms with van der Waals surface area (Å²) in [6.07, 6.45) is 1.81. The Morgan fingerprint density at radius 3 is 3.06 bits per heavy atom. The lowest BCUT2D eigenvalue weighted by Crippen LogP contribution is -2.33. The maximum Gasteiger partial charge on any atom is 0.188 e. The number of hydrogen-bond acceptors (Lipinski definition) is 3. The summed E-state index contributed by atoms with van der Waals surface area (Å²) >= 11 is 1.65. The van der Waals surface area contributed by atoms with Crippen LogP contribution in [-0.2, 0) is 0 Å². The van der Waals surface area contributed by atoms with Crippen LogP contribution < -0.4 is 11.1 Å². The minimum atomic E-state index is 0.310. The number of thiazole rings is 1. The molecule has 0 aliphatic carbocycles. The average molecular weight is 238 g/mol. The van der Waals surface area contributed by atoms with Crippen LogP contribution in [0, 0.1) is 0 Å². The smallest absolute Gasteiger partial charge is 0.188 e. The summed E-state index contributed by atoms with van der Waals surface area (Å²) < 4.78 is 0. The number of rotatable bonds is 5. The van der Waals surface area contributed by atoms with Crippen LogP contribution in [0.4, 0.5) is 0 Å². The number of nitrogens with two attached hydrogens (primary N) is 1. The molecule has 0 aliphatic heterocycles. The Labute approximate surface area is 100 Å². The molecule has 0 aromatic carbocycles. The van der Waals surface area contributed by atoms with Gasteiger partial charge < -0.3 is 11.1 Å². The van der Waals surface area contributed by atoms with E-state index in [-0.39, 0.29) is 0 Å². The van der Waals surface area contributed by atoms with Crippen molar-refractivity contribution in [2.24, 2.45) is 10.7 Å². The fourth-order valence-electron chi connectivity index (χ4n) is 1.09. The molecule has 16 heavy (non-hydrogen) atoms. The van der Waals surface area contributed by atoms with Crippen molar-refractivity contribution in [3.63, 3.8) is 0 Å². The predicted octanol–water partition coefficient (Wildman–Crippen LogP) is 1.73. The molecule has 0 fully saturated rings. The maximum atomic E-state index is 5.70. The van der Waals surface area contributed by atoms with Gasteiger partial charge in [-0.2, -0.15) is 0 Å². The van der Waals surface area contributed by atoms with Gasteiger partial charge in [0.2, 0.25) is 0 Å². The molecule has 3 N–H and O–H groups in total. The normalized spacial score (nSPS) is 13.5. The van der Waals surface area contributed by atoms with Gasteiger partial charge in [-0.15, -0.1) is 11.3 Å². The van der Waals surface area contributed by atoms with Crippen LogP contribution in [0.5, 0.6) is 0 Å². The molecule has 0 amide bonds. The van der Waals surface area contributed by atoms with E-state index >= 15 is 0 Å². The first-order valence-electron chi connectivity index (χ1n) is 5.17. The molecule has 0 bridgehead atoms. The van der Waals surface area contributed by atoms with Crippen LogP contribution in [0.1, 0.15) is 24.8 Å². The van der Waals surface area contributed by atoms with E-state index in [9.17, 15) is 0 Å². The molecule has 4 nitrogen and oxygen atoms in total. The highest BCUT2D eigenvalue weighted by Crippen LogP contribution is 2.17. The minimum absolute atomic E-state index is 0.310. The van der Waals surface area contributed by atoms with Gasteiger partial charge in [0.05, 0.1) is 11.6 Å². The lowest BCUT2D eigenvalue weighted by Gasteiger charge is -2.07. The van der Waals surface area contributed by atoms with Gasteiger partial charge in [-0.3, -0.25) is 4.99 Å². The summed E-state index contributed by atoms with van der Waals surface area (Å²) in [5.41, 5.74) is 6.74. The Kier molecular flexibility index (Phi) is 4.98. The highest BCUT2D eigenvalue weighted by atomic mass is 32.1. The maximum absolute atomic E-state index is 5.70. The Balaban J connectivity index is 2.37. The Morgan fingerprint density at radius 1 is 1.75 bits per heavy atom. The van der Waals surface area contributed by atoms with Crippen LogP contribution in [0.25, 0.3) is 0 Å². The van der Waals surface area contributed by atoms with Gasteiger partial charge in [-0.05, 0) is 6.92 Å². The molecular weight excluding hydrogens is 220 g/mol. The van der Waals surface area contributed by atoms with Crippen LogP contribution in [0.2, 0.25) is 0 Å². The summed E-state index contributed by atoms with van der Waals surface area (Å²) in [6.45, 7) is 9.14. The molecule has 0 aliphatic rings. The third-order valence-electron chi connectivity index (χ3n) is 1.98. The van der Waals surface area contributed by atoms with Gasteiger partial charge in [-0.1, -0.05) is 19.1 Å². The number of nitrogens with one attached hydrogen (secondary N) is 1. The van der Waals surface area contributed by atoms with E-state index in [1.165, 1.54) is 0 Å².